The van der Waals surface area contributed by atoms with Gasteiger partial charge in [0.1, 0.15) is 10.6 Å². The zero-order chi connectivity index (χ0) is 11.1. The number of esters is 1. The highest BCUT2D eigenvalue weighted by Gasteiger charge is 2.39. The minimum atomic E-state index is -1.50. The third-order valence-electron chi connectivity index (χ3n) is 1.41. The summed E-state index contributed by atoms with van der Waals surface area (Å²) in [5.41, 5.74) is 6.41. The maximum atomic E-state index is 11.0. The second kappa shape index (κ2) is 5.79. The van der Waals surface area contributed by atoms with Gasteiger partial charge < -0.3 is 14.6 Å². The molecule has 0 fully saturated rings. The van der Waals surface area contributed by atoms with E-state index in [1.54, 1.807) is 0 Å². The smallest absolute Gasteiger partial charge is 0.341 e. The Morgan fingerprint density at radius 2 is 2.07 bits per heavy atom. The van der Waals surface area contributed by atoms with Crippen LogP contribution in [0.25, 0.3) is 0 Å². The van der Waals surface area contributed by atoms with Gasteiger partial charge in [-0.1, -0.05) is 0 Å². The van der Waals surface area contributed by atoms with Crippen molar-refractivity contribution >= 4 is 11.9 Å². The molecule has 0 amide bonds. The fraction of sp³-hybridized carbons (Fsp3) is 0.667. The van der Waals surface area contributed by atoms with Gasteiger partial charge in [0, 0.05) is 7.11 Å². The molecular weight excluding hydrogens is 194 g/mol. The largest absolute Gasteiger partial charge is 0.479 e. The first-order valence-electron chi connectivity index (χ1n) is 3.48. The van der Waals surface area contributed by atoms with Crippen molar-refractivity contribution in [2.45, 2.75) is 12.1 Å². The molecule has 0 saturated heterocycles. The number of nitrogens with zero attached hydrogens (tertiary/aromatic N) is 2. The molecule has 0 aromatic rings. The summed E-state index contributed by atoms with van der Waals surface area (Å²) in [7, 11) is 2.18. The summed E-state index contributed by atoms with van der Waals surface area (Å²) in [4.78, 5) is 24.2. The lowest BCUT2D eigenvalue weighted by molar-refractivity contribution is -0.158. The van der Waals surface area contributed by atoms with E-state index in [1.807, 2.05) is 0 Å². The molecule has 0 aliphatic carbocycles. The van der Waals surface area contributed by atoms with Crippen LogP contribution in [-0.2, 0) is 19.1 Å². The Hall–Kier alpha value is -1.79. The summed E-state index contributed by atoms with van der Waals surface area (Å²) in [6.07, 6.45) is -1.50. The van der Waals surface area contributed by atoms with Gasteiger partial charge in [-0.3, -0.25) is 0 Å². The molecule has 14 heavy (non-hydrogen) atoms. The van der Waals surface area contributed by atoms with Crippen LogP contribution in [-0.4, -0.2) is 43.4 Å². The summed E-state index contributed by atoms with van der Waals surface area (Å²) in [6, 6.07) is -1.46. The van der Waals surface area contributed by atoms with E-state index in [-0.39, 0.29) is 0 Å². The standard InChI is InChI=1S/C6H9N3O5/c1-13-4(5(10)11)3(8-9-7)6(12)14-2/h3-4,7H,1-2H3/p+1. The van der Waals surface area contributed by atoms with E-state index in [1.165, 1.54) is 0 Å². The number of carboxylic acid groups (broad SMARTS) is 1. The van der Waals surface area contributed by atoms with Gasteiger partial charge in [0.25, 0.3) is 6.04 Å². The fourth-order valence-corrected chi connectivity index (χ4v) is 0.779. The highest BCUT2D eigenvalue weighted by molar-refractivity contribution is 5.85. The summed E-state index contributed by atoms with van der Waals surface area (Å²) >= 11 is 0. The molecule has 8 nitrogen and oxygen atoms in total. The van der Waals surface area contributed by atoms with Crippen molar-refractivity contribution in [1.82, 2.24) is 4.91 Å². The molecule has 0 radical (unpaired) electrons. The van der Waals surface area contributed by atoms with Crippen LogP contribution in [0.3, 0.4) is 0 Å². The van der Waals surface area contributed by atoms with Gasteiger partial charge in [-0.2, -0.15) is 0 Å². The highest BCUT2D eigenvalue weighted by atomic mass is 16.5. The predicted octanol–water partition coefficient (Wildman–Crippen LogP) is -0.822. The van der Waals surface area contributed by atoms with Gasteiger partial charge >= 0.3 is 11.9 Å². The normalized spacial score (nSPS) is 13.6. The lowest BCUT2D eigenvalue weighted by Gasteiger charge is -2.11. The van der Waals surface area contributed by atoms with E-state index in [0.717, 1.165) is 14.2 Å². The van der Waals surface area contributed by atoms with E-state index in [2.05, 4.69) is 19.5 Å². The van der Waals surface area contributed by atoms with Crippen molar-refractivity contribution in [3.63, 3.8) is 0 Å². The number of methoxy groups -OCH3 is 2. The Bertz CT molecular complexity index is 273. The quantitative estimate of drug-likeness (QED) is 0.344. The first-order valence-corrected chi connectivity index (χ1v) is 3.48. The van der Waals surface area contributed by atoms with E-state index >= 15 is 0 Å². The number of ether oxygens (including phenoxy) is 2. The minimum Gasteiger partial charge on any atom is -0.479 e. The maximum absolute atomic E-state index is 11.0. The Kier molecular flexibility index (Phi) is 5.05. The van der Waals surface area contributed by atoms with E-state index < -0.39 is 24.1 Å². The first-order chi connectivity index (χ1) is 6.58. The number of hydrogen-bond acceptors (Lipinski definition) is 6. The van der Waals surface area contributed by atoms with Crippen LogP contribution in [0, 0.1) is 5.53 Å². The zero-order valence-electron chi connectivity index (χ0n) is 7.63. The molecule has 8 heteroatoms. The van der Waals surface area contributed by atoms with Gasteiger partial charge in [0.05, 0.1) is 7.11 Å². The van der Waals surface area contributed by atoms with Crippen LogP contribution in [0.1, 0.15) is 0 Å². The van der Waals surface area contributed by atoms with Crippen LogP contribution in [0.4, 0.5) is 0 Å². The number of aliphatic carboxylic acids is 1. The molecule has 0 saturated carbocycles. The molecule has 0 aliphatic rings. The summed E-state index contributed by atoms with van der Waals surface area (Å²) in [6.45, 7) is 0. The van der Waals surface area contributed by atoms with Crippen LogP contribution >= 0.6 is 0 Å². The van der Waals surface area contributed by atoms with Crippen molar-refractivity contribution in [2.24, 2.45) is 5.11 Å². The lowest BCUT2D eigenvalue weighted by atomic mass is 10.2. The van der Waals surface area contributed by atoms with Crippen molar-refractivity contribution in [3.05, 3.63) is 0 Å². The zero-order valence-corrected chi connectivity index (χ0v) is 7.63. The summed E-state index contributed by atoms with van der Waals surface area (Å²) in [5.74, 6) is -2.30. The fourth-order valence-electron chi connectivity index (χ4n) is 0.779. The van der Waals surface area contributed by atoms with Crippen molar-refractivity contribution in [2.75, 3.05) is 14.2 Å². The van der Waals surface area contributed by atoms with E-state index in [0.29, 0.717) is 0 Å². The van der Waals surface area contributed by atoms with Gasteiger partial charge in [-0.25, -0.2) is 9.59 Å². The Morgan fingerprint density at radius 3 is 2.36 bits per heavy atom. The van der Waals surface area contributed by atoms with Crippen LogP contribution in [0.15, 0.2) is 5.11 Å². The van der Waals surface area contributed by atoms with Crippen molar-refractivity contribution in [3.8, 4) is 0 Å². The van der Waals surface area contributed by atoms with Crippen LogP contribution in [0.5, 0.6) is 0 Å². The molecule has 78 valence electrons. The lowest BCUT2D eigenvalue weighted by Crippen LogP contribution is -2.40. The topological polar surface area (TPSA) is 123 Å². The van der Waals surface area contributed by atoms with Gasteiger partial charge in [0.15, 0.2) is 6.10 Å². The second-order valence-electron chi connectivity index (χ2n) is 2.18. The third kappa shape index (κ3) is 2.92. The minimum absolute atomic E-state index is 0.921. The predicted molar refractivity (Wildman–Crippen MR) is 41.5 cm³/mol. The number of nitrogens with one attached hydrogen (secondary N) is 1. The molecular formula is C6H10N3O5+. The molecule has 0 bridgehead atoms. The molecule has 0 aromatic carbocycles. The SMILES string of the molecule is COC(=O)C(N=[N+]=N)C(OC)C(=O)O. The van der Waals surface area contributed by atoms with Crippen molar-refractivity contribution in [1.29, 1.82) is 5.53 Å². The van der Waals surface area contributed by atoms with E-state index in [9.17, 15) is 9.59 Å². The second-order valence-corrected chi connectivity index (χ2v) is 2.18. The van der Waals surface area contributed by atoms with Crippen LogP contribution in [0.2, 0.25) is 0 Å². The Morgan fingerprint density at radius 1 is 1.50 bits per heavy atom. The molecule has 0 aromatic heterocycles. The Balaban J connectivity index is 4.86. The third-order valence-corrected chi connectivity index (χ3v) is 1.41. The molecule has 2 N–H and O–H groups in total. The number of rotatable bonds is 5. The maximum Gasteiger partial charge on any atom is 0.341 e. The molecule has 0 spiro atoms. The van der Waals surface area contributed by atoms with Crippen LogP contribution < -0.4 is 4.91 Å². The van der Waals surface area contributed by atoms with Gasteiger partial charge in [-0.05, 0) is 0 Å². The number of hydrogen-bond donors (Lipinski definition) is 2. The van der Waals surface area contributed by atoms with Gasteiger partial charge in [-0.15, -0.1) is 0 Å². The summed E-state index contributed by atoms with van der Waals surface area (Å²) in [5, 5.41) is 11.7. The molecule has 0 rings (SSSR count). The number of carbonyl (C=O) groups excluding carboxylic acids is 1. The molecule has 0 heterocycles. The summed E-state index contributed by atoms with van der Waals surface area (Å²) < 4.78 is 8.79. The van der Waals surface area contributed by atoms with E-state index in [4.69, 9.17) is 10.6 Å². The first kappa shape index (κ1) is 12.2. The Labute approximate surface area is 79.0 Å². The van der Waals surface area contributed by atoms with Gasteiger partial charge in [0.2, 0.25) is 4.91 Å². The highest BCUT2D eigenvalue weighted by Crippen LogP contribution is 2.05. The molecule has 2 unspecified atom stereocenters. The molecule has 0 aliphatic heterocycles. The number of carboxylic acids is 1. The number of carbonyl (C=O) groups is 2. The van der Waals surface area contributed by atoms with Crippen molar-refractivity contribution < 1.29 is 24.2 Å². The monoisotopic (exact) mass is 204 g/mol. The average molecular weight is 204 g/mol. The average Bonchev–Trinajstić information content (AvgIpc) is 2.16. The molecule has 2 atom stereocenters.